The molecule has 4 rings (SSSR count). The van der Waals surface area contributed by atoms with Gasteiger partial charge >= 0.3 is 12.1 Å². The minimum atomic E-state index is -0.931. The van der Waals surface area contributed by atoms with Crippen molar-refractivity contribution in [3.8, 4) is 11.1 Å². The Labute approximate surface area is 198 Å². The van der Waals surface area contributed by atoms with Gasteiger partial charge in [0.1, 0.15) is 6.61 Å². The number of carboxylic acids is 1. The highest BCUT2D eigenvalue weighted by Crippen LogP contribution is 2.44. The molecule has 0 aromatic heterocycles. The van der Waals surface area contributed by atoms with Crippen LogP contribution in [-0.4, -0.2) is 55.5 Å². The highest BCUT2D eigenvalue weighted by atomic mass is 16.5. The van der Waals surface area contributed by atoms with Crippen LogP contribution in [0.5, 0.6) is 0 Å². The van der Waals surface area contributed by atoms with E-state index in [9.17, 15) is 19.5 Å². The van der Waals surface area contributed by atoms with Gasteiger partial charge in [0.2, 0.25) is 0 Å². The summed E-state index contributed by atoms with van der Waals surface area (Å²) < 4.78 is 10.7. The summed E-state index contributed by atoms with van der Waals surface area (Å²) >= 11 is 0. The molecule has 8 heteroatoms. The lowest BCUT2D eigenvalue weighted by Crippen LogP contribution is -2.48. The molecular weight excluding hydrogens is 436 g/mol. The predicted molar refractivity (Wildman–Crippen MR) is 125 cm³/mol. The summed E-state index contributed by atoms with van der Waals surface area (Å²) in [5.74, 6) is -1.90. The monoisotopic (exact) mass is 464 g/mol. The topological polar surface area (TPSA) is 114 Å². The van der Waals surface area contributed by atoms with Crippen LogP contribution in [0, 0.1) is 5.92 Å². The maximum absolute atomic E-state index is 12.6. The minimum absolute atomic E-state index is 0.0556. The highest BCUT2D eigenvalue weighted by molar-refractivity contribution is 5.82. The molecule has 3 atom stereocenters. The lowest BCUT2D eigenvalue weighted by Gasteiger charge is -2.25. The van der Waals surface area contributed by atoms with Gasteiger partial charge in [0.15, 0.2) is 6.10 Å². The van der Waals surface area contributed by atoms with Crippen LogP contribution >= 0.6 is 0 Å². The first kappa shape index (κ1) is 23.5. The van der Waals surface area contributed by atoms with Crippen LogP contribution < -0.4 is 10.6 Å². The van der Waals surface area contributed by atoms with Gasteiger partial charge in [0.05, 0.1) is 12.5 Å². The molecule has 1 unspecified atom stereocenters. The first-order valence-corrected chi connectivity index (χ1v) is 11.3. The Morgan fingerprint density at radius 1 is 1.06 bits per heavy atom. The predicted octanol–water partition coefficient (Wildman–Crippen LogP) is 3.08. The van der Waals surface area contributed by atoms with Crippen LogP contribution in [0.1, 0.15) is 29.9 Å². The van der Waals surface area contributed by atoms with Crippen molar-refractivity contribution < 1.29 is 29.0 Å². The van der Waals surface area contributed by atoms with Crippen LogP contribution in [0.2, 0.25) is 0 Å². The van der Waals surface area contributed by atoms with Gasteiger partial charge in [-0.1, -0.05) is 60.7 Å². The third kappa shape index (κ3) is 5.12. The molecule has 2 aromatic carbocycles. The Morgan fingerprint density at radius 2 is 1.71 bits per heavy atom. The van der Waals surface area contributed by atoms with E-state index < -0.39 is 36.0 Å². The molecule has 34 heavy (non-hydrogen) atoms. The Morgan fingerprint density at radius 3 is 2.32 bits per heavy atom. The molecule has 2 aliphatic carbocycles. The van der Waals surface area contributed by atoms with Crippen LogP contribution in [0.15, 0.2) is 60.7 Å². The average Bonchev–Trinajstić information content (AvgIpc) is 3.17. The van der Waals surface area contributed by atoms with Gasteiger partial charge in [-0.15, -0.1) is 0 Å². The number of alkyl carbamates (subject to hydrolysis) is 1. The third-order valence-corrected chi connectivity index (χ3v) is 6.36. The number of aliphatic carboxylic acids is 1. The molecule has 178 valence electrons. The maximum atomic E-state index is 12.6. The van der Waals surface area contributed by atoms with Crippen molar-refractivity contribution in [1.29, 1.82) is 0 Å². The van der Waals surface area contributed by atoms with Crippen LogP contribution in [0.25, 0.3) is 11.1 Å². The van der Waals surface area contributed by atoms with Crippen LogP contribution in [0.4, 0.5) is 4.79 Å². The molecule has 0 saturated carbocycles. The smallest absolute Gasteiger partial charge is 0.407 e. The summed E-state index contributed by atoms with van der Waals surface area (Å²) in [6.45, 7) is 0.102. The fourth-order valence-electron chi connectivity index (χ4n) is 4.58. The summed E-state index contributed by atoms with van der Waals surface area (Å²) in [4.78, 5) is 36.2. The number of amides is 2. The number of fused-ring (bicyclic) bond motifs is 3. The number of benzene rings is 2. The van der Waals surface area contributed by atoms with Crippen LogP contribution in [0.3, 0.4) is 0 Å². The van der Waals surface area contributed by atoms with Crippen molar-refractivity contribution in [2.75, 3.05) is 20.3 Å². The molecule has 2 amide bonds. The van der Waals surface area contributed by atoms with E-state index in [-0.39, 0.29) is 19.1 Å². The molecule has 0 saturated heterocycles. The fraction of sp³-hybridized carbons (Fsp3) is 0.346. The van der Waals surface area contributed by atoms with Gasteiger partial charge in [-0.05, 0) is 35.1 Å². The molecule has 0 bridgehead atoms. The minimum Gasteiger partial charge on any atom is -0.481 e. The number of nitrogens with one attached hydrogen (secondary N) is 2. The molecule has 3 N–H and O–H groups in total. The first-order valence-electron chi connectivity index (χ1n) is 11.3. The number of methoxy groups -OCH3 is 1. The SMILES string of the molecule is COC(CNC(=O)OCC1c2ccccc2-c2ccccc21)C(=O)N[C@@H]1C=CC[C@@H](C(=O)O)C1. The number of hydrogen-bond donors (Lipinski definition) is 3. The second-order valence-electron chi connectivity index (χ2n) is 8.48. The zero-order valence-electron chi connectivity index (χ0n) is 18.9. The summed E-state index contributed by atoms with van der Waals surface area (Å²) in [6, 6.07) is 15.8. The standard InChI is InChI=1S/C26H28N2O6/c1-33-23(24(29)28-17-8-6-7-16(13-17)25(30)31)14-27-26(32)34-15-22-20-11-4-2-9-18(20)19-10-3-5-12-21(19)22/h2-6,8-12,16-17,22-23H,7,13-15H2,1H3,(H,27,32)(H,28,29)(H,30,31)/t16-,17-,23?/m1/s1. The van der Waals surface area contributed by atoms with Crippen LogP contribution in [-0.2, 0) is 19.1 Å². The van der Waals surface area contributed by atoms with Gasteiger partial charge in [-0.25, -0.2) is 4.79 Å². The molecule has 0 spiro atoms. The lowest BCUT2D eigenvalue weighted by atomic mass is 9.91. The Hall–Kier alpha value is -3.65. The van der Waals surface area contributed by atoms with E-state index in [1.54, 1.807) is 12.2 Å². The van der Waals surface area contributed by atoms with E-state index in [0.29, 0.717) is 12.8 Å². The van der Waals surface area contributed by atoms with E-state index in [2.05, 4.69) is 22.8 Å². The molecule has 0 aliphatic heterocycles. The molecule has 2 aromatic rings. The number of allylic oxidation sites excluding steroid dienone is 1. The number of hydrogen-bond acceptors (Lipinski definition) is 5. The van der Waals surface area contributed by atoms with E-state index >= 15 is 0 Å². The zero-order chi connectivity index (χ0) is 24.1. The number of carbonyl (C=O) groups excluding carboxylic acids is 2. The van der Waals surface area contributed by atoms with E-state index in [1.165, 1.54) is 7.11 Å². The largest absolute Gasteiger partial charge is 0.481 e. The lowest BCUT2D eigenvalue weighted by molar-refractivity contribution is -0.142. The quantitative estimate of drug-likeness (QED) is 0.518. The third-order valence-electron chi connectivity index (χ3n) is 6.36. The molecule has 2 aliphatic rings. The van der Waals surface area contributed by atoms with Crippen molar-refractivity contribution in [2.45, 2.75) is 30.9 Å². The van der Waals surface area contributed by atoms with Gasteiger partial charge in [-0.2, -0.15) is 0 Å². The maximum Gasteiger partial charge on any atom is 0.407 e. The second-order valence-corrected chi connectivity index (χ2v) is 8.48. The Balaban J connectivity index is 1.29. The number of carboxylic acid groups (broad SMARTS) is 1. The van der Waals surface area contributed by atoms with E-state index in [1.807, 2.05) is 36.4 Å². The van der Waals surface area contributed by atoms with Crippen molar-refractivity contribution in [3.05, 3.63) is 71.8 Å². The summed E-state index contributed by atoms with van der Waals surface area (Å²) in [6.07, 6.45) is 2.72. The van der Waals surface area contributed by atoms with Gasteiger partial charge in [-0.3, -0.25) is 9.59 Å². The molecular formula is C26H28N2O6. The number of carbonyl (C=O) groups is 3. The Kier molecular flexibility index (Phi) is 7.27. The fourth-order valence-corrected chi connectivity index (χ4v) is 4.58. The molecule has 8 nitrogen and oxygen atoms in total. The number of rotatable bonds is 8. The van der Waals surface area contributed by atoms with Crippen molar-refractivity contribution >= 4 is 18.0 Å². The summed E-state index contributed by atoms with van der Waals surface area (Å²) in [7, 11) is 1.38. The van der Waals surface area contributed by atoms with Crippen molar-refractivity contribution in [3.63, 3.8) is 0 Å². The Bertz CT molecular complexity index is 1050. The second kappa shape index (κ2) is 10.5. The van der Waals surface area contributed by atoms with Crippen molar-refractivity contribution in [2.24, 2.45) is 5.92 Å². The van der Waals surface area contributed by atoms with E-state index in [4.69, 9.17) is 9.47 Å². The molecule has 0 heterocycles. The van der Waals surface area contributed by atoms with Gasteiger partial charge < -0.3 is 25.2 Å². The average molecular weight is 465 g/mol. The molecule has 0 fully saturated rings. The van der Waals surface area contributed by atoms with Gasteiger partial charge in [0, 0.05) is 19.1 Å². The van der Waals surface area contributed by atoms with E-state index in [0.717, 1.165) is 22.3 Å². The van der Waals surface area contributed by atoms with Gasteiger partial charge in [0.25, 0.3) is 5.91 Å². The summed E-state index contributed by atoms with van der Waals surface area (Å²) in [5, 5.41) is 14.6. The zero-order valence-corrected chi connectivity index (χ0v) is 18.9. The molecule has 0 radical (unpaired) electrons. The highest BCUT2D eigenvalue weighted by Gasteiger charge is 2.30. The number of ether oxygens (including phenoxy) is 2. The van der Waals surface area contributed by atoms with Crippen molar-refractivity contribution in [1.82, 2.24) is 10.6 Å². The summed E-state index contributed by atoms with van der Waals surface area (Å²) in [5.41, 5.74) is 4.52. The normalized spacial score (nSPS) is 19.6. The first-order chi connectivity index (χ1) is 16.5.